The molecule has 0 aromatic rings. The lowest BCUT2D eigenvalue weighted by Crippen LogP contribution is -2.15. The molecule has 42 valence electrons. The first-order valence-corrected chi connectivity index (χ1v) is 2.56. The molecule has 0 spiro atoms. The summed E-state index contributed by atoms with van der Waals surface area (Å²) in [5.41, 5.74) is 0. The number of fused-ring (bicyclic) bond motifs is 1. The maximum absolute atomic E-state index is 4.96. The summed E-state index contributed by atoms with van der Waals surface area (Å²) in [5, 5.41) is 0. The quantitative estimate of drug-likeness (QED) is 0.443. The van der Waals surface area contributed by atoms with Crippen LogP contribution in [0.3, 0.4) is 0 Å². The molecule has 3 nitrogen and oxygen atoms in total. The van der Waals surface area contributed by atoms with Crippen molar-refractivity contribution in [1.82, 2.24) is 4.90 Å². The Bertz CT molecular complexity index is 162. The Hall–Kier alpha value is -0.990. The Morgan fingerprint density at radius 1 is 1.75 bits per heavy atom. The van der Waals surface area contributed by atoms with Gasteiger partial charge in [0.2, 0.25) is 0 Å². The molecule has 0 bridgehead atoms. The molecule has 0 saturated carbocycles. The minimum atomic E-state index is 0.676. The third kappa shape index (κ3) is 0.358. The third-order valence-corrected chi connectivity index (χ3v) is 1.27. The van der Waals surface area contributed by atoms with Crippen molar-refractivity contribution in [3.8, 4) is 0 Å². The Morgan fingerprint density at radius 2 is 2.75 bits per heavy atom. The topological polar surface area (TPSA) is 24.8 Å². The molecule has 0 aromatic carbocycles. The summed E-state index contributed by atoms with van der Waals surface area (Å²) in [6, 6.07) is 0. The molecule has 0 radical (unpaired) electrons. The molecule has 2 heterocycles. The molecule has 2 aliphatic heterocycles. The van der Waals surface area contributed by atoms with E-state index in [1.165, 1.54) is 0 Å². The SMILES string of the molecule is C1=NC2=COCN2C1. The highest BCUT2D eigenvalue weighted by molar-refractivity contribution is 5.64. The summed E-state index contributed by atoms with van der Waals surface area (Å²) in [4.78, 5) is 6.09. The van der Waals surface area contributed by atoms with Gasteiger partial charge in [0, 0.05) is 6.21 Å². The van der Waals surface area contributed by atoms with E-state index in [-0.39, 0.29) is 0 Å². The van der Waals surface area contributed by atoms with Crippen molar-refractivity contribution in [3.05, 3.63) is 12.1 Å². The highest BCUT2D eigenvalue weighted by atomic mass is 16.5. The van der Waals surface area contributed by atoms with Crippen LogP contribution in [0.5, 0.6) is 0 Å². The second-order valence-corrected chi connectivity index (χ2v) is 1.81. The van der Waals surface area contributed by atoms with Crippen molar-refractivity contribution in [2.45, 2.75) is 0 Å². The van der Waals surface area contributed by atoms with Gasteiger partial charge < -0.3 is 9.64 Å². The minimum Gasteiger partial charge on any atom is -0.477 e. The lowest BCUT2D eigenvalue weighted by atomic mass is 10.6. The van der Waals surface area contributed by atoms with Gasteiger partial charge in [-0.2, -0.15) is 0 Å². The molecular formula is C5H6N2O. The monoisotopic (exact) mass is 110 g/mol. The highest BCUT2D eigenvalue weighted by Crippen LogP contribution is 2.15. The summed E-state index contributed by atoms with van der Waals surface area (Å²) in [5.74, 6) is 0.963. The molecular weight excluding hydrogens is 104 g/mol. The molecule has 0 atom stereocenters. The maximum atomic E-state index is 4.96. The van der Waals surface area contributed by atoms with Crippen molar-refractivity contribution in [2.75, 3.05) is 13.3 Å². The smallest absolute Gasteiger partial charge is 0.166 e. The fraction of sp³-hybridized carbons (Fsp3) is 0.400. The van der Waals surface area contributed by atoms with Gasteiger partial charge in [-0.05, 0) is 0 Å². The van der Waals surface area contributed by atoms with E-state index in [0.29, 0.717) is 6.73 Å². The van der Waals surface area contributed by atoms with E-state index >= 15 is 0 Å². The van der Waals surface area contributed by atoms with Crippen LogP contribution >= 0.6 is 0 Å². The van der Waals surface area contributed by atoms with Crippen molar-refractivity contribution in [3.63, 3.8) is 0 Å². The average molecular weight is 110 g/mol. The van der Waals surface area contributed by atoms with Crippen molar-refractivity contribution >= 4 is 6.21 Å². The molecule has 0 unspecified atom stereocenters. The molecule has 0 aliphatic carbocycles. The minimum absolute atomic E-state index is 0.676. The number of aliphatic imine (C=N–C) groups is 1. The number of rotatable bonds is 0. The normalized spacial score (nSPS) is 23.0. The summed E-state index contributed by atoms with van der Waals surface area (Å²) in [7, 11) is 0. The van der Waals surface area contributed by atoms with E-state index < -0.39 is 0 Å². The molecule has 0 saturated heterocycles. The summed E-state index contributed by atoms with van der Waals surface area (Å²) in [6.07, 6.45) is 3.57. The van der Waals surface area contributed by atoms with Crippen LogP contribution in [0, 0.1) is 0 Å². The van der Waals surface area contributed by atoms with E-state index in [9.17, 15) is 0 Å². The zero-order chi connectivity index (χ0) is 5.40. The van der Waals surface area contributed by atoms with Crippen molar-refractivity contribution in [1.29, 1.82) is 0 Å². The fourth-order valence-electron chi connectivity index (χ4n) is 0.834. The van der Waals surface area contributed by atoms with Gasteiger partial charge in [0.05, 0.1) is 6.54 Å². The Kier molecular flexibility index (Phi) is 0.614. The van der Waals surface area contributed by atoms with Gasteiger partial charge in [0.1, 0.15) is 6.26 Å². The molecule has 2 aliphatic rings. The van der Waals surface area contributed by atoms with Crippen molar-refractivity contribution in [2.24, 2.45) is 4.99 Å². The lowest BCUT2D eigenvalue weighted by molar-refractivity contribution is 0.182. The molecule has 3 heteroatoms. The van der Waals surface area contributed by atoms with Crippen LogP contribution in [0.15, 0.2) is 17.1 Å². The molecule has 0 aromatic heterocycles. The van der Waals surface area contributed by atoms with Crippen LogP contribution in [0.2, 0.25) is 0 Å². The molecule has 0 fully saturated rings. The Morgan fingerprint density at radius 3 is 3.62 bits per heavy atom. The zero-order valence-electron chi connectivity index (χ0n) is 4.37. The van der Waals surface area contributed by atoms with Crippen LogP contribution in [-0.2, 0) is 4.74 Å². The van der Waals surface area contributed by atoms with Crippen LogP contribution in [0.4, 0.5) is 0 Å². The van der Waals surface area contributed by atoms with E-state index in [0.717, 1.165) is 12.4 Å². The second-order valence-electron chi connectivity index (χ2n) is 1.81. The number of nitrogens with zero attached hydrogens (tertiary/aromatic N) is 2. The molecule has 2 rings (SSSR count). The number of ether oxygens (including phenoxy) is 1. The van der Waals surface area contributed by atoms with E-state index in [4.69, 9.17) is 4.74 Å². The first kappa shape index (κ1) is 3.95. The van der Waals surface area contributed by atoms with Crippen LogP contribution in [0.1, 0.15) is 0 Å². The predicted octanol–water partition coefficient (Wildman–Crippen LogP) is 0.159. The molecule has 0 N–H and O–H groups in total. The van der Waals surface area contributed by atoms with Gasteiger partial charge in [0.25, 0.3) is 0 Å². The average Bonchev–Trinajstić information content (AvgIpc) is 2.15. The highest BCUT2D eigenvalue weighted by Gasteiger charge is 2.17. The maximum Gasteiger partial charge on any atom is 0.166 e. The largest absolute Gasteiger partial charge is 0.477 e. The third-order valence-electron chi connectivity index (χ3n) is 1.27. The van der Waals surface area contributed by atoms with Gasteiger partial charge in [-0.15, -0.1) is 0 Å². The van der Waals surface area contributed by atoms with Gasteiger partial charge in [-0.1, -0.05) is 0 Å². The molecule has 8 heavy (non-hydrogen) atoms. The standard InChI is InChI=1S/C5H6N2O/c1-2-7-4-8-3-5(7)6-1/h1,3H,2,4H2. The summed E-state index contributed by atoms with van der Waals surface area (Å²) in [6.45, 7) is 1.58. The van der Waals surface area contributed by atoms with Gasteiger partial charge in [-0.3, -0.25) is 0 Å². The van der Waals surface area contributed by atoms with Gasteiger partial charge >= 0.3 is 0 Å². The fourth-order valence-corrected chi connectivity index (χ4v) is 0.834. The summed E-state index contributed by atoms with van der Waals surface area (Å²) < 4.78 is 4.96. The van der Waals surface area contributed by atoms with E-state index in [1.807, 2.05) is 6.21 Å². The van der Waals surface area contributed by atoms with Crippen LogP contribution < -0.4 is 0 Å². The predicted molar refractivity (Wildman–Crippen MR) is 29.2 cm³/mol. The van der Waals surface area contributed by atoms with E-state index in [2.05, 4.69) is 9.89 Å². The number of hydrogen-bond donors (Lipinski definition) is 0. The first-order valence-electron chi connectivity index (χ1n) is 2.56. The van der Waals surface area contributed by atoms with Gasteiger partial charge in [0.15, 0.2) is 12.6 Å². The zero-order valence-corrected chi connectivity index (χ0v) is 4.37. The lowest BCUT2D eigenvalue weighted by Gasteiger charge is -2.06. The van der Waals surface area contributed by atoms with Crippen LogP contribution in [-0.4, -0.2) is 24.4 Å². The van der Waals surface area contributed by atoms with E-state index in [1.54, 1.807) is 6.26 Å². The summed E-state index contributed by atoms with van der Waals surface area (Å²) >= 11 is 0. The van der Waals surface area contributed by atoms with Crippen LogP contribution in [0.25, 0.3) is 0 Å². The number of hydrogen-bond acceptors (Lipinski definition) is 3. The Labute approximate surface area is 47.3 Å². The molecule has 0 amide bonds. The van der Waals surface area contributed by atoms with Crippen molar-refractivity contribution < 1.29 is 4.74 Å². The van der Waals surface area contributed by atoms with Gasteiger partial charge in [-0.25, -0.2) is 4.99 Å². The second kappa shape index (κ2) is 1.24. The Balaban J connectivity index is 2.31. The first-order chi connectivity index (χ1) is 3.97.